The van der Waals surface area contributed by atoms with Gasteiger partial charge in [0, 0.05) is 15.5 Å². The van der Waals surface area contributed by atoms with E-state index in [9.17, 15) is 4.39 Å². The number of hydrogen-bond donors (Lipinski definition) is 1. The van der Waals surface area contributed by atoms with Crippen LogP contribution in [-0.2, 0) is 6.42 Å². The minimum absolute atomic E-state index is 0.123. The van der Waals surface area contributed by atoms with Crippen molar-refractivity contribution in [3.8, 4) is 0 Å². The zero-order valence-electron chi connectivity index (χ0n) is 11.9. The number of benzene rings is 2. The molecule has 0 heterocycles. The molecule has 1 unspecified atom stereocenters. The van der Waals surface area contributed by atoms with E-state index in [1.807, 2.05) is 30.3 Å². The van der Waals surface area contributed by atoms with Crippen molar-refractivity contribution < 1.29 is 4.39 Å². The molecule has 4 heteroatoms. The predicted molar refractivity (Wildman–Crippen MR) is 90.3 cm³/mol. The van der Waals surface area contributed by atoms with Crippen LogP contribution in [0.3, 0.4) is 0 Å². The predicted octanol–water partition coefficient (Wildman–Crippen LogP) is 5.53. The monoisotopic (exact) mass is 369 g/mol. The van der Waals surface area contributed by atoms with Gasteiger partial charge in [0.2, 0.25) is 0 Å². The molecule has 0 bridgehead atoms. The quantitative estimate of drug-likeness (QED) is 0.705. The largest absolute Gasteiger partial charge is 0.310 e. The summed E-state index contributed by atoms with van der Waals surface area (Å²) in [5.74, 6) is -0.222. The summed E-state index contributed by atoms with van der Waals surface area (Å²) in [5, 5.41) is 4.22. The molecule has 0 saturated carbocycles. The fourth-order valence-corrected chi connectivity index (χ4v) is 3.03. The van der Waals surface area contributed by atoms with Gasteiger partial charge in [0.05, 0.1) is 0 Å². The van der Waals surface area contributed by atoms with Crippen molar-refractivity contribution in [2.24, 2.45) is 0 Å². The molecular weight excluding hydrogens is 353 g/mol. The van der Waals surface area contributed by atoms with E-state index in [0.717, 1.165) is 40.0 Å². The Kier molecular flexibility index (Phi) is 6.22. The molecule has 0 amide bonds. The lowest BCUT2D eigenvalue weighted by Gasteiger charge is -2.19. The van der Waals surface area contributed by atoms with Crippen LogP contribution in [-0.4, -0.2) is 6.54 Å². The van der Waals surface area contributed by atoms with Gasteiger partial charge in [-0.05, 0) is 60.8 Å². The van der Waals surface area contributed by atoms with Gasteiger partial charge in [0.25, 0.3) is 0 Å². The van der Waals surface area contributed by atoms with Gasteiger partial charge in [-0.1, -0.05) is 46.6 Å². The molecule has 1 N–H and O–H groups in total. The first-order valence-electron chi connectivity index (χ1n) is 7.02. The molecule has 0 spiro atoms. The molecule has 21 heavy (non-hydrogen) atoms. The fraction of sp³-hybridized carbons (Fsp3) is 0.294. The van der Waals surface area contributed by atoms with E-state index >= 15 is 0 Å². The first kappa shape index (κ1) is 16.5. The van der Waals surface area contributed by atoms with Gasteiger partial charge in [-0.25, -0.2) is 4.39 Å². The Morgan fingerprint density at radius 2 is 2.05 bits per heavy atom. The third-order valence-electron chi connectivity index (χ3n) is 3.25. The van der Waals surface area contributed by atoms with E-state index < -0.39 is 0 Å². The van der Waals surface area contributed by atoms with Gasteiger partial charge >= 0.3 is 0 Å². The van der Waals surface area contributed by atoms with E-state index in [0.29, 0.717) is 0 Å². The molecule has 2 rings (SSSR count). The molecular formula is C17H18BrClFN. The second-order valence-electron chi connectivity index (χ2n) is 5.04. The van der Waals surface area contributed by atoms with Crippen LogP contribution in [0.2, 0.25) is 5.02 Å². The highest BCUT2D eigenvalue weighted by Crippen LogP contribution is 2.24. The van der Waals surface area contributed by atoms with Crippen molar-refractivity contribution in [3.05, 3.63) is 68.9 Å². The van der Waals surface area contributed by atoms with E-state index in [1.165, 1.54) is 6.07 Å². The number of hydrogen-bond acceptors (Lipinski definition) is 1. The average Bonchev–Trinajstić information content (AvgIpc) is 2.42. The molecule has 0 aliphatic rings. The zero-order valence-corrected chi connectivity index (χ0v) is 14.2. The van der Waals surface area contributed by atoms with Crippen LogP contribution in [0, 0.1) is 5.82 Å². The Morgan fingerprint density at radius 3 is 2.71 bits per heavy atom. The second-order valence-corrected chi connectivity index (χ2v) is 6.40. The highest BCUT2D eigenvalue weighted by atomic mass is 79.9. The maximum absolute atomic E-state index is 13.5. The minimum Gasteiger partial charge on any atom is -0.310 e. The van der Waals surface area contributed by atoms with Gasteiger partial charge in [0.15, 0.2) is 0 Å². The lowest BCUT2D eigenvalue weighted by Crippen LogP contribution is -2.24. The normalized spacial score (nSPS) is 12.4. The van der Waals surface area contributed by atoms with Crippen molar-refractivity contribution in [2.75, 3.05) is 6.54 Å². The average molecular weight is 371 g/mol. The van der Waals surface area contributed by atoms with Crippen LogP contribution in [0.5, 0.6) is 0 Å². The number of halogens is 3. The van der Waals surface area contributed by atoms with Crippen LogP contribution in [0.25, 0.3) is 0 Å². The molecule has 0 radical (unpaired) electrons. The summed E-state index contributed by atoms with van der Waals surface area (Å²) in [6.45, 7) is 3.04. The molecule has 2 aromatic rings. The molecule has 1 nitrogen and oxygen atoms in total. The standard InChI is InChI=1S/C17H18BrClFN/c1-2-6-21-17(13-4-3-5-15(19)10-13)9-12-7-14(18)11-16(20)8-12/h3-5,7-8,10-11,17,21H,2,6,9H2,1H3. The second kappa shape index (κ2) is 7.92. The smallest absolute Gasteiger partial charge is 0.124 e. The zero-order chi connectivity index (χ0) is 15.2. The van der Waals surface area contributed by atoms with Gasteiger partial charge in [0.1, 0.15) is 5.82 Å². The molecule has 0 aromatic heterocycles. The topological polar surface area (TPSA) is 12.0 Å². The summed E-state index contributed by atoms with van der Waals surface area (Å²) >= 11 is 9.42. The maximum Gasteiger partial charge on any atom is 0.124 e. The van der Waals surface area contributed by atoms with Crippen molar-refractivity contribution in [2.45, 2.75) is 25.8 Å². The third-order valence-corrected chi connectivity index (χ3v) is 3.95. The molecule has 112 valence electrons. The third kappa shape index (κ3) is 5.10. The van der Waals surface area contributed by atoms with Crippen molar-refractivity contribution in [1.29, 1.82) is 0 Å². The molecule has 0 aliphatic carbocycles. The van der Waals surface area contributed by atoms with Crippen LogP contribution in [0.4, 0.5) is 4.39 Å². The van der Waals surface area contributed by atoms with Crippen LogP contribution >= 0.6 is 27.5 Å². The Morgan fingerprint density at radius 1 is 1.24 bits per heavy atom. The Hall–Kier alpha value is -0.900. The first-order valence-corrected chi connectivity index (χ1v) is 8.19. The highest BCUT2D eigenvalue weighted by molar-refractivity contribution is 9.10. The lowest BCUT2D eigenvalue weighted by atomic mass is 9.98. The minimum atomic E-state index is -0.222. The van der Waals surface area contributed by atoms with E-state index in [4.69, 9.17) is 11.6 Å². The van der Waals surface area contributed by atoms with Gasteiger partial charge in [-0.2, -0.15) is 0 Å². The van der Waals surface area contributed by atoms with Gasteiger partial charge in [-0.3, -0.25) is 0 Å². The molecule has 0 aliphatic heterocycles. The number of nitrogens with one attached hydrogen (secondary N) is 1. The summed E-state index contributed by atoms with van der Waals surface area (Å²) in [5.41, 5.74) is 2.08. The van der Waals surface area contributed by atoms with Gasteiger partial charge in [-0.15, -0.1) is 0 Å². The Labute approximate surface area is 138 Å². The Bertz CT molecular complexity index is 583. The van der Waals surface area contributed by atoms with E-state index in [1.54, 1.807) is 6.07 Å². The molecule has 0 fully saturated rings. The Balaban J connectivity index is 2.23. The highest BCUT2D eigenvalue weighted by Gasteiger charge is 2.13. The van der Waals surface area contributed by atoms with Crippen LogP contribution in [0.1, 0.15) is 30.5 Å². The molecule has 0 saturated heterocycles. The maximum atomic E-state index is 13.5. The summed E-state index contributed by atoms with van der Waals surface area (Å²) < 4.78 is 14.3. The van der Waals surface area contributed by atoms with E-state index in [-0.39, 0.29) is 11.9 Å². The SMILES string of the molecule is CCCNC(Cc1cc(F)cc(Br)c1)c1cccc(Cl)c1. The summed E-state index contributed by atoms with van der Waals surface area (Å²) in [4.78, 5) is 0. The number of rotatable bonds is 6. The van der Waals surface area contributed by atoms with E-state index in [2.05, 4.69) is 28.2 Å². The first-order chi connectivity index (χ1) is 10.1. The summed E-state index contributed by atoms with van der Waals surface area (Å²) in [6.07, 6.45) is 1.76. The molecule has 1 atom stereocenters. The fourth-order valence-electron chi connectivity index (χ4n) is 2.31. The van der Waals surface area contributed by atoms with Crippen LogP contribution in [0.15, 0.2) is 46.9 Å². The summed E-state index contributed by atoms with van der Waals surface area (Å²) in [7, 11) is 0. The van der Waals surface area contributed by atoms with Crippen LogP contribution < -0.4 is 5.32 Å². The summed E-state index contributed by atoms with van der Waals surface area (Å²) in [6, 6.07) is 12.9. The lowest BCUT2D eigenvalue weighted by molar-refractivity contribution is 0.527. The van der Waals surface area contributed by atoms with Crippen molar-refractivity contribution >= 4 is 27.5 Å². The van der Waals surface area contributed by atoms with Gasteiger partial charge < -0.3 is 5.32 Å². The molecule has 2 aromatic carbocycles. The van der Waals surface area contributed by atoms with Crippen molar-refractivity contribution in [3.63, 3.8) is 0 Å². The van der Waals surface area contributed by atoms with Crippen molar-refractivity contribution in [1.82, 2.24) is 5.32 Å².